The van der Waals surface area contributed by atoms with E-state index < -0.39 is 15.7 Å². The summed E-state index contributed by atoms with van der Waals surface area (Å²) in [6.45, 7) is 12.8. The van der Waals surface area contributed by atoms with Gasteiger partial charge in [-0.1, -0.05) is 32.8 Å². The molecule has 0 radical (unpaired) electrons. The van der Waals surface area contributed by atoms with Crippen molar-refractivity contribution in [2.45, 2.75) is 70.3 Å². The minimum Gasteiger partial charge on any atom is -0.478 e. The summed E-state index contributed by atoms with van der Waals surface area (Å²) in [5, 5.41) is 2.47. The zero-order chi connectivity index (χ0) is 29.7. The fourth-order valence-electron chi connectivity index (χ4n) is 5.06. The third-order valence-electron chi connectivity index (χ3n) is 7.19. The number of nitrogens with one attached hydrogen (secondary N) is 1. The Kier molecular flexibility index (Phi) is 10.4. The number of alkyl halides is 3. The van der Waals surface area contributed by atoms with E-state index in [2.05, 4.69) is 47.9 Å². The molecule has 6 nitrogen and oxygen atoms in total. The van der Waals surface area contributed by atoms with Crippen LogP contribution in [0, 0.1) is 11.7 Å². The van der Waals surface area contributed by atoms with Crippen molar-refractivity contribution >= 4 is 46.1 Å². The maximum atomic E-state index is 15.6. The van der Waals surface area contributed by atoms with Crippen molar-refractivity contribution < 1.29 is 22.7 Å². The van der Waals surface area contributed by atoms with Crippen LogP contribution < -0.4 is 5.32 Å². The van der Waals surface area contributed by atoms with Gasteiger partial charge in [-0.3, -0.25) is 9.79 Å². The van der Waals surface area contributed by atoms with E-state index >= 15 is 4.39 Å². The van der Waals surface area contributed by atoms with Gasteiger partial charge in [-0.25, -0.2) is 9.37 Å². The van der Waals surface area contributed by atoms with Crippen LogP contribution in [0.15, 0.2) is 59.3 Å². The number of ether oxygens (including phenoxy) is 1. The van der Waals surface area contributed by atoms with E-state index in [1.807, 2.05) is 13.8 Å². The molecule has 1 aliphatic rings. The van der Waals surface area contributed by atoms with Gasteiger partial charge in [0.1, 0.15) is 11.6 Å². The summed E-state index contributed by atoms with van der Waals surface area (Å²) < 4.78 is 45.7. The van der Waals surface area contributed by atoms with Gasteiger partial charge in [0.25, 0.3) is 5.91 Å². The highest BCUT2D eigenvalue weighted by Gasteiger charge is 2.39. The fourth-order valence-corrected chi connectivity index (χ4v) is 5.40. The second-order valence-corrected chi connectivity index (χ2v) is 11.5. The molecule has 1 N–H and O–H groups in total. The van der Waals surface area contributed by atoms with Crippen LogP contribution in [-0.4, -0.2) is 34.2 Å². The van der Waals surface area contributed by atoms with E-state index in [0.29, 0.717) is 35.2 Å². The first-order valence-corrected chi connectivity index (χ1v) is 14.4. The average molecular weight is 669 g/mol. The van der Waals surface area contributed by atoms with E-state index in [9.17, 15) is 13.6 Å². The first-order valence-electron chi connectivity index (χ1n) is 13.4. The molecule has 1 aromatic heterocycles. The van der Waals surface area contributed by atoms with Crippen molar-refractivity contribution in [3.63, 3.8) is 0 Å². The number of carbonyl (C=O) groups excluding carboxylic acids is 1. The Bertz CT molecular complexity index is 1320. The summed E-state index contributed by atoms with van der Waals surface area (Å²) in [6, 6.07) is 6.43. The normalized spacial score (nSPS) is 15.9. The molecule has 1 aliphatic heterocycles. The number of nitrogens with zero attached hydrogens (tertiary/aromatic N) is 3. The van der Waals surface area contributed by atoms with Gasteiger partial charge in [-0.15, -0.1) is 0 Å². The third kappa shape index (κ3) is 7.05. The monoisotopic (exact) mass is 668 g/mol. The van der Waals surface area contributed by atoms with Crippen molar-refractivity contribution in [2.75, 3.05) is 11.9 Å². The minimum atomic E-state index is -3.12. The van der Waals surface area contributed by atoms with Crippen molar-refractivity contribution in [1.82, 2.24) is 9.88 Å². The molecular weight excluding hydrogens is 632 g/mol. The average Bonchev–Trinajstić information content (AvgIpc) is 2.90. The number of hydrogen-bond acceptors (Lipinski definition) is 5. The largest absolute Gasteiger partial charge is 0.478 e. The first kappa shape index (κ1) is 31.6. The highest BCUT2D eigenvalue weighted by Crippen LogP contribution is 2.40. The van der Waals surface area contributed by atoms with Crippen molar-refractivity contribution in [3.8, 4) is 0 Å². The maximum absolute atomic E-state index is 15.6. The lowest BCUT2D eigenvalue weighted by Gasteiger charge is -2.47. The minimum absolute atomic E-state index is 0.0332. The van der Waals surface area contributed by atoms with Crippen LogP contribution in [0.25, 0.3) is 5.57 Å². The van der Waals surface area contributed by atoms with Crippen LogP contribution in [0.2, 0.25) is 0 Å². The van der Waals surface area contributed by atoms with Gasteiger partial charge >= 0.3 is 3.93 Å². The SMILES string of the molecule is CCC[C@H](CC)C(C)(C)N1C(OCC)=CN=C/C1=C(/C)c1ccc(C(=O)Nc2cc(C(F)(F)I)ccn2)cc1F. The number of amides is 1. The van der Waals surface area contributed by atoms with E-state index in [0.717, 1.165) is 54.0 Å². The Labute approximate surface area is 247 Å². The molecule has 2 aromatic rings. The van der Waals surface area contributed by atoms with E-state index in [-0.39, 0.29) is 22.5 Å². The number of carbonyl (C=O) groups is 1. The standard InChI is InChI=1S/C30H36F3IN4O2/c1-7-10-21(8-2)29(5,6)38-25(17-35-18-27(38)40-9-3)19(4)23-12-11-20(15-24(23)31)28(39)37-26-16-22(13-14-36-26)30(32,33)34/h11-18,21H,7-10H2,1-6H3,(H,36,37,39)/b25-19+/t21-/m0/s1. The van der Waals surface area contributed by atoms with Crippen LogP contribution in [0.5, 0.6) is 0 Å². The molecule has 0 unspecified atom stereocenters. The Morgan fingerprint density at radius 2 is 1.90 bits per heavy atom. The number of allylic oxidation sites excluding steroid dienone is 2. The highest BCUT2D eigenvalue weighted by molar-refractivity contribution is 14.1. The lowest BCUT2D eigenvalue weighted by Crippen LogP contribution is -2.50. The smallest absolute Gasteiger partial charge is 0.321 e. The summed E-state index contributed by atoms with van der Waals surface area (Å²) in [6.07, 6.45) is 7.60. The zero-order valence-electron chi connectivity index (χ0n) is 23.7. The van der Waals surface area contributed by atoms with Crippen LogP contribution in [0.3, 0.4) is 0 Å². The highest BCUT2D eigenvalue weighted by atomic mass is 127. The zero-order valence-corrected chi connectivity index (χ0v) is 25.9. The van der Waals surface area contributed by atoms with Gasteiger partial charge in [-0.05, 0) is 69.9 Å². The number of anilines is 1. The van der Waals surface area contributed by atoms with Gasteiger partial charge in [-0.2, -0.15) is 8.78 Å². The Morgan fingerprint density at radius 3 is 2.50 bits per heavy atom. The fraction of sp³-hybridized carbons (Fsp3) is 0.433. The molecule has 0 fully saturated rings. The topological polar surface area (TPSA) is 66.8 Å². The number of aliphatic imine (C=N–C) groups is 1. The van der Waals surface area contributed by atoms with Crippen LogP contribution in [0.4, 0.5) is 19.0 Å². The quantitative estimate of drug-likeness (QED) is 0.193. The van der Waals surface area contributed by atoms with E-state index in [1.54, 1.807) is 12.4 Å². The summed E-state index contributed by atoms with van der Waals surface area (Å²) in [4.78, 5) is 23.2. The van der Waals surface area contributed by atoms with Crippen molar-refractivity contribution in [2.24, 2.45) is 10.9 Å². The summed E-state index contributed by atoms with van der Waals surface area (Å²) in [5.74, 6) is -0.373. The molecule has 3 rings (SSSR count). The lowest BCUT2D eigenvalue weighted by molar-refractivity contribution is 0.0453. The molecule has 0 aliphatic carbocycles. The van der Waals surface area contributed by atoms with Crippen molar-refractivity contribution in [1.29, 1.82) is 0 Å². The first-order chi connectivity index (χ1) is 18.8. The van der Waals surface area contributed by atoms with Crippen LogP contribution in [0.1, 0.15) is 82.3 Å². The number of halogens is 4. The Balaban J connectivity index is 1.98. The molecule has 0 bridgehead atoms. The van der Waals surface area contributed by atoms with Gasteiger partial charge in [0.2, 0.25) is 5.88 Å². The lowest BCUT2D eigenvalue weighted by atomic mass is 9.80. The molecular formula is C30H36F3IN4O2. The molecule has 216 valence electrons. The second-order valence-electron chi connectivity index (χ2n) is 10.1. The van der Waals surface area contributed by atoms with Gasteiger partial charge in [0, 0.05) is 51.0 Å². The number of pyridine rings is 1. The summed E-state index contributed by atoms with van der Waals surface area (Å²) >= 11 is 1.01. The molecule has 1 amide bonds. The van der Waals surface area contributed by atoms with Gasteiger partial charge < -0.3 is 15.0 Å². The van der Waals surface area contributed by atoms with Crippen LogP contribution >= 0.6 is 22.6 Å². The van der Waals surface area contributed by atoms with Crippen molar-refractivity contribution in [3.05, 3.63) is 76.8 Å². The number of hydrogen-bond donors (Lipinski definition) is 1. The van der Waals surface area contributed by atoms with E-state index in [1.165, 1.54) is 24.4 Å². The molecule has 1 aromatic carbocycles. The number of aromatic nitrogens is 1. The maximum Gasteiger partial charge on any atom is 0.321 e. The summed E-state index contributed by atoms with van der Waals surface area (Å²) in [5.41, 5.74) is 1.03. The summed E-state index contributed by atoms with van der Waals surface area (Å²) in [7, 11) is 0. The molecule has 1 atom stereocenters. The molecule has 2 heterocycles. The molecule has 10 heteroatoms. The molecule has 0 saturated carbocycles. The predicted molar refractivity (Wildman–Crippen MR) is 162 cm³/mol. The number of rotatable bonds is 11. The van der Waals surface area contributed by atoms with E-state index in [4.69, 9.17) is 4.74 Å². The Morgan fingerprint density at radius 1 is 1.18 bits per heavy atom. The van der Waals surface area contributed by atoms with Crippen LogP contribution in [-0.2, 0) is 8.67 Å². The Hall–Kier alpha value is -2.89. The molecule has 0 saturated heterocycles. The number of benzene rings is 1. The second kappa shape index (κ2) is 13.2. The molecule has 0 spiro atoms. The molecule has 40 heavy (non-hydrogen) atoms. The third-order valence-corrected chi connectivity index (χ3v) is 7.81. The van der Waals surface area contributed by atoms with Gasteiger partial charge in [0.15, 0.2) is 0 Å². The van der Waals surface area contributed by atoms with Gasteiger partial charge in [0.05, 0.1) is 24.7 Å². The predicted octanol–water partition coefficient (Wildman–Crippen LogP) is 8.52.